The molecule has 0 rings (SSSR count). The predicted octanol–water partition coefficient (Wildman–Crippen LogP) is -3.23. The Kier molecular flexibility index (Phi) is 11.0. The fraction of sp³-hybridized carbons (Fsp3) is 0.500. The summed E-state index contributed by atoms with van der Waals surface area (Å²) in [4.78, 5) is 65.5. The molecule has 0 heterocycles. The third-order valence-electron chi connectivity index (χ3n) is 2.78. The number of carboxylic acids is 4. The Hall–Kier alpha value is -1.42. The van der Waals surface area contributed by atoms with Crippen LogP contribution in [0.5, 0.6) is 0 Å². The minimum absolute atomic E-state index is 0. The predicted molar refractivity (Wildman–Crippen MR) is 77.2 cm³/mol. The molecule has 0 aromatic rings. The van der Waals surface area contributed by atoms with Gasteiger partial charge in [0.15, 0.2) is 11.2 Å². The summed E-state index contributed by atoms with van der Waals surface area (Å²) >= 11 is 0. The average Bonchev–Trinajstić information content (AvgIpc) is 2.34. The maximum atomic E-state index is 11.4. The van der Waals surface area contributed by atoms with Crippen LogP contribution < -0.4 is 0 Å². The van der Waals surface area contributed by atoms with Crippen LogP contribution >= 0.6 is 0 Å². The number of rotatable bonds is 10. The average molecular weight is 406 g/mol. The van der Waals surface area contributed by atoms with Crippen LogP contribution in [0.15, 0.2) is 0 Å². The zero-order valence-corrected chi connectivity index (χ0v) is 12.4. The summed E-state index contributed by atoms with van der Waals surface area (Å²) in [6.45, 7) is 0. The van der Waals surface area contributed by atoms with E-state index in [1.807, 2.05) is 0 Å². The molecule has 0 aliphatic carbocycles. The van der Waals surface area contributed by atoms with Gasteiger partial charge in [-0.25, -0.2) is 9.59 Å². The standard InChI is InChI=1S/C12H14O13.K.H/c13-5(14)1-11(23,9(19)20)3-7(17)25-8(18)4-12(24,10(21)22)2-6(15)16;;/h23-24H,1-4H2,(H,13,14)(H,15,16)(H,19,20)(H,21,22);;. The van der Waals surface area contributed by atoms with Gasteiger partial charge in [-0.15, -0.1) is 0 Å². The first-order chi connectivity index (χ1) is 11.2. The summed E-state index contributed by atoms with van der Waals surface area (Å²) in [6.07, 6.45) is -5.73. The van der Waals surface area contributed by atoms with E-state index in [0.29, 0.717) is 0 Å². The molecule has 0 spiro atoms. The van der Waals surface area contributed by atoms with Crippen molar-refractivity contribution in [3.63, 3.8) is 0 Å². The molecule has 0 radical (unpaired) electrons. The van der Waals surface area contributed by atoms with Crippen LogP contribution in [-0.2, 0) is 33.5 Å². The second-order valence-electron chi connectivity index (χ2n) is 5.01. The monoisotopic (exact) mass is 406 g/mol. The Morgan fingerprint density at radius 2 is 0.885 bits per heavy atom. The van der Waals surface area contributed by atoms with Crippen LogP contribution in [0.25, 0.3) is 0 Å². The molecule has 2 atom stereocenters. The first kappa shape index (κ1) is 26.8. The maximum absolute atomic E-state index is 11.4. The van der Waals surface area contributed by atoms with Crippen molar-refractivity contribution in [2.45, 2.75) is 36.9 Å². The summed E-state index contributed by atoms with van der Waals surface area (Å²) in [5.74, 6) is -11.2. The Bertz CT molecular complexity index is 562. The molecule has 0 saturated carbocycles. The topological polar surface area (TPSA) is 233 Å². The van der Waals surface area contributed by atoms with E-state index in [2.05, 4.69) is 4.74 Å². The number of aliphatic carboxylic acids is 4. The van der Waals surface area contributed by atoms with Gasteiger partial charge in [-0.3, -0.25) is 19.2 Å². The molecule has 0 aromatic carbocycles. The van der Waals surface area contributed by atoms with Gasteiger partial charge in [0.2, 0.25) is 0 Å². The van der Waals surface area contributed by atoms with Crippen LogP contribution in [-0.4, -0.2) is 129 Å². The molecule has 6 N–H and O–H groups in total. The molecule has 26 heavy (non-hydrogen) atoms. The van der Waals surface area contributed by atoms with E-state index in [1.165, 1.54) is 0 Å². The van der Waals surface area contributed by atoms with E-state index >= 15 is 0 Å². The van der Waals surface area contributed by atoms with Crippen LogP contribution in [0.2, 0.25) is 0 Å². The van der Waals surface area contributed by atoms with Crippen molar-refractivity contribution in [1.82, 2.24) is 0 Å². The quantitative estimate of drug-likeness (QED) is 0.119. The van der Waals surface area contributed by atoms with Gasteiger partial charge in [0, 0.05) is 0 Å². The van der Waals surface area contributed by atoms with Crippen molar-refractivity contribution in [3.05, 3.63) is 0 Å². The normalized spacial score (nSPS) is 14.7. The third kappa shape index (κ3) is 8.79. The summed E-state index contributed by atoms with van der Waals surface area (Å²) in [5.41, 5.74) is -6.18. The summed E-state index contributed by atoms with van der Waals surface area (Å²) < 4.78 is 3.99. The van der Waals surface area contributed by atoms with E-state index in [9.17, 15) is 39.0 Å². The molecule has 0 amide bonds. The van der Waals surface area contributed by atoms with E-state index in [1.54, 1.807) is 0 Å². The minimum atomic E-state index is -3.09. The zero-order valence-electron chi connectivity index (χ0n) is 12.4. The fourth-order valence-electron chi connectivity index (χ4n) is 1.60. The third-order valence-corrected chi connectivity index (χ3v) is 2.78. The van der Waals surface area contributed by atoms with Crippen LogP contribution in [0, 0.1) is 0 Å². The molecule has 14 heteroatoms. The molecule has 0 saturated heterocycles. The van der Waals surface area contributed by atoms with Gasteiger partial charge in [0.1, 0.15) is 0 Å². The van der Waals surface area contributed by atoms with Gasteiger partial charge in [0.25, 0.3) is 0 Å². The van der Waals surface area contributed by atoms with E-state index in [-0.39, 0.29) is 51.4 Å². The molecule has 0 fully saturated rings. The van der Waals surface area contributed by atoms with Crippen LogP contribution in [0.1, 0.15) is 25.7 Å². The van der Waals surface area contributed by atoms with Crippen LogP contribution in [0.4, 0.5) is 0 Å². The second kappa shape index (κ2) is 10.7. The van der Waals surface area contributed by atoms with Gasteiger partial charge in [-0.05, 0) is 0 Å². The van der Waals surface area contributed by atoms with Gasteiger partial charge in [-0.2, -0.15) is 0 Å². The van der Waals surface area contributed by atoms with Gasteiger partial charge >= 0.3 is 87.2 Å². The fourth-order valence-corrected chi connectivity index (χ4v) is 1.60. The molecule has 0 bridgehead atoms. The molecular weight excluding hydrogens is 391 g/mol. The number of ether oxygens (including phenoxy) is 1. The van der Waals surface area contributed by atoms with Crippen molar-refractivity contribution in [1.29, 1.82) is 0 Å². The molecule has 0 aromatic heterocycles. The number of carbonyl (C=O) groups is 6. The van der Waals surface area contributed by atoms with Crippen molar-refractivity contribution < 1.29 is 64.1 Å². The summed E-state index contributed by atoms with van der Waals surface area (Å²) in [5, 5.41) is 53.6. The number of hydrogen-bond acceptors (Lipinski definition) is 9. The molecular formula is C12H15KO13. The number of aliphatic hydroxyl groups is 2. The van der Waals surface area contributed by atoms with E-state index in [0.717, 1.165) is 0 Å². The molecule has 0 aliphatic heterocycles. The molecule has 2 unspecified atom stereocenters. The first-order valence-electron chi connectivity index (χ1n) is 6.30. The van der Waals surface area contributed by atoms with Gasteiger partial charge in [0.05, 0.1) is 25.7 Å². The van der Waals surface area contributed by atoms with E-state index < -0.39 is 72.7 Å². The molecule has 0 aliphatic rings. The molecule has 13 nitrogen and oxygen atoms in total. The van der Waals surface area contributed by atoms with E-state index in [4.69, 9.17) is 20.4 Å². The van der Waals surface area contributed by atoms with Gasteiger partial charge in [-0.1, -0.05) is 0 Å². The van der Waals surface area contributed by atoms with Crippen LogP contribution in [0.3, 0.4) is 0 Å². The SMILES string of the molecule is O=C(O)CC(O)(CC(=O)OC(=O)CC(O)(CC(=O)O)C(=O)O)C(=O)O.[KH]. The summed E-state index contributed by atoms with van der Waals surface area (Å²) in [6, 6.07) is 0. The van der Waals surface area contributed by atoms with Crippen molar-refractivity contribution >= 4 is 87.2 Å². The Labute approximate surface area is 187 Å². The Balaban J connectivity index is 0. The van der Waals surface area contributed by atoms with Crippen molar-refractivity contribution in [2.75, 3.05) is 0 Å². The summed E-state index contributed by atoms with van der Waals surface area (Å²) in [7, 11) is 0. The van der Waals surface area contributed by atoms with Crippen molar-refractivity contribution in [2.24, 2.45) is 0 Å². The first-order valence-corrected chi connectivity index (χ1v) is 6.30. The Morgan fingerprint density at radius 1 is 0.615 bits per heavy atom. The zero-order chi connectivity index (χ0) is 20.0. The number of esters is 2. The number of hydrogen-bond donors (Lipinski definition) is 6. The molecule has 142 valence electrons. The van der Waals surface area contributed by atoms with Crippen molar-refractivity contribution in [3.8, 4) is 0 Å². The number of carboxylic acid groups (broad SMARTS) is 4. The number of carbonyl (C=O) groups excluding carboxylic acids is 2. The van der Waals surface area contributed by atoms with Gasteiger partial charge < -0.3 is 35.4 Å². The second-order valence-corrected chi connectivity index (χ2v) is 5.01. The Morgan fingerprint density at radius 3 is 1.08 bits per heavy atom.